The predicted molar refractivity (Wildman–Crippen MR) is 243 cm³/mol. The molecule has 0 unspecified atom stereocenters. The fourth-order valence-corrected chi connectivity index (χ4v) is 9.58. The lowest BCUT2D eigenvalue weighted by Gasteiger charge is -2.18. The normalized spacial score (nSPS) is 11.9. The van der Waals surface area contributed by atoms with Gasteiger partial charge in [0.25, 0.3) is 0 Å². The molecule has 0 spiro atoms. The molecule has 1 heterocycles. The zero-order chi connectivity index (χ0) is 37.5. The van der Waals surface area contributed by atoms with E-state index in [0.717, 1.165) is 33.1 Å². The number of fused-ring (bicyclic) bond motifs is 8. The molecule has 0 aliphatic rings. The third-order valence-corrected chi connectivity index (χ3v) is 12.0. The zero-order valence-corrected chi connectivity index (χ0v) is 31.0. The highest BCUT2D eigenvalue weighted by molar-refractivity contribution is 6.25. The highest BCUT2D eigenvalue weighted by Crippen LogP contribution is 2.48. The maximum Gasteiger partial charge on any atom is 0.143 e. The van der Waals surface area contributed by atoms with Crippen LogP contribution in [0.1, 0.15) is 0 Å². The minimum atomic E-state index is 0.885. The summed E-state index contributed by atoms with van der Waals surface area (Å²) in [6.45, 7) is 0. The van der Waals surface area contributed by atoms with E-state index in [0.29, 0.717) is 0 Å². The highest BCUT2D eigenvalue weighted by atomic mass is 16.3. The van der Waals surface area contributed by atoms with Crippen LogP contribution in [0.5, 0.6) is 0 Å². The van der Waals surface area contributed by atoms with E-state index in [4.69, 9.17) is 4.42 Å². The van der Waals surface area contributed by atoms with Crippen LogP contribution in [-0.4, -0.2) is 0 Å². The largest absolute Gasteiger partial charge is 0.455 e. The summed E-state index contributed by atoms with van der Waals surface area (Å²) in [6.07, 6.45) is 0. The molecule has 264 valence electrons. The van der Waals surface area contributed by atoms with Gasteiger partial charge in [-0.15, -0.1) is 0 Å². The first-order valence-electron chi connectivity index (χ1n) is 19.7. The Balaban J connectivity index is 1.10. The van der Waals surface area contributed by atoms with Crippen molar-refractivity contribution in [2.75, 3.05) is 0 Å². The summed E-state index contributed by atoms with van der Waals surface area (Å²) >= 11 is 0. The number of furan rings is 1. The number of hydrogen-bond donors (Lipinski definition) is 0. The van der Waals surface area contributed by atoms with Gasteiger partial charge in [-0.25, -0.2) is 0 Å². The van der Waals surface area contributed by atoms with E-state index < -0.39 is 0 Å². The van der Waals surface area contributed by atoms with Gasteiger partial charge >= 0.3 is 0 Å². The van der Waals surface area contributed by atoms with Crippen LogP contribution in [0.3, 0.4) is 0 Å². The van der Waals surface area contributed by atoms with E-state index in [1.807, 2.05) is 0 Å². The molecule has 0 aliphatic carbocycles. The molecular weight excluding hydrogens is 689 g/mol. The van der Waals surface area contributed by atoms with Crippen molar-refractivity contribution in [2.45, 2.75) is 0 Å². The van der Waals surface area contributed by atoms with Gasteiger partial charge in [-0.3, -0.25) is 0 Å². The lowest BCUT2D eigenvalue weighted by molar-refractivity contribution is 0.670. The average molecular weight is 723 g/mol. The van der Waals surface area contributed by atoms with Crippen LogP contribution in [0.15, 0.2) is 211 Å². The van der Waals surface area contributed by atoms with E-state index in [2.05, 4.69) is 206 Å². The van der Waals surface area contributed by atoms with Gasteiger partial charge < -0.3 is 4.42 Å². The molecule has 12 aromatic rings. The van der Waals surface area contributed by atoms with Crippen LogP contribution in [0.25, 0.3) is 120 Å². The number of rotatable bonds is 4. The summed E-state index contributed by atoms with van der Waals surface area (Å²) in [7, 11) is 0. The molecule has 1 nitrogen and oxygen atoms in total. The minimum Gasteiger partial charge on any atom is -0.455 e. The quantitative estimate of drug-likeness (QED) is 0.165. The standard InChI is InChI=1S/C56H34O/c1-2-16-36(17-3-1)52-45-23-10-12-25-47(45)55(48-26-13-11-24-46(48)52)50-28-14-27-49-40-32-31-39(34-51(40)57-56(49)50)54-43-21-8-6-19-41(43)53(42-20-7-9-22-44(42)54)38-30-29-35-15-4-5-18-37(35)33-38/h1-34H. The Labute approximate surface area is 329 Å². The Morgan fingerprint density at radius 3 is 1.26 bits per heavy atom. The van der Waals surface area contributed by atoms with E-state index >= 15 is 0 Å². The van der Waals surface area contributed by atoms with Crippen molar-refractivity contribution in [2.24, 2.45) is 0 Å². The van der Waals surface area contributed by atoms with Gasteiger partial charge in [-0.2, -0.15) is 0 Å². The van der Waals surface area contributed by atoms with Crippen molar-refractivity contribution in [3.8, 4) is 44.5 Å². The van der Waals surface area contributed by atoms with Crippen LogP contribution in [0.2, 0.25) is 0 Å². The molecule has 0 atom stereocenters. The predicted octanol–water partition coefficient (Wildman–Crippen LogP) is 16.0. The molecule has 57 heavy (non-hydrogen) atoms. The maximum absolute atomic E-state index is 7.07. The summed E-state index contributed by atoms with van der Waals surface area (Å²) in [4.78, 5) is 0. The molecule has 1 heteroatoms. The molecule has 0 N–H and O–H groups in total. The zero-order valence-electron chi connectivity index (χ0n) is 31.0. The topological polar surface area (TPSA) is 13.1 Å². The van der Waals surface area contributed by atoms with Crippen LogP contribution in [-0.2, 0) is 0 Å². The minimum absolute atomic E-state index is 0.885. The van der Waals surface area contributed by atoms with Crippen LogP contribution in [0, 0.1) is 0 Å². The van der Waals surface area contributed by atoms with Crippen LogP contribution >= 0.6 is 0 Å². The Hall–Kier alpha value is -7.48. The van der Waals surface area contributed by atoms with Crippen molar-refractivity contribution in [1.82, 2.24) is 0 Å². The molecule has 12 rings (SSSR count). The van der Waals surface area contributed by atoms with E-state index in [1.54, 1.807) is 0 Å². The summed E-state index contributed by atoms with van der Waals surface area (Å²) in [5, 5.41) is 14.6. The first-order valence-corrected chi connectivity index (χ1v) is 19.7. The summed E-state index contributed by atoms with van der Waals surface area (Å²) in [5.41, 5.74) is 11.4. The third-order valence-electron chi connectivity index (χ3n) is 12.0. The molecule has 0 radical (unpaired) electrons. The third kappa shape index (κ3) is 4.83. The number of hydrogen-bond acceptors (Lipinski definition) is 1. The second-order valence-electron chi connectivity index (χ2n) is 15.1. The first-order chi connectivity index (χ1) is 28.3. The Morgan fingerprint density at radius 2 is 0.684 bits per heavy atom. The van der Waals surface area contributed by atoms with Crippen molar-refractivity contribution in [3.63, 3.8) is 0 Å². The molecule has 0 saturated carbocycles. The SMILES string of the molecule is c1ccc(-c2c3ccccc3c(-c3cccc4c3oc3cc(-c5c6ccccc6c(-c6ccc7ccccc7c6)c6ccccc56)ccc34)c3ccccc23)cc1. The van der Waals surface area contributed by atoms with Crippen molar-refractivity contribution >= 4 is 75.8 Å². The summed E-state index contributed by atoms with van der Waals surface area (Å²) in [5.74, 6) is 0. The molecular formula is C56H34O. The Kier molecular flexibility index (Phi) is 7.00. The van der Waals surface area contributed by atoms with Gasteiger partial charge in [-0.05, 0) is 105 Å². The first kappa shape index (κ1) is 31.8. The summed E-state index contributed by atoms with van der Waals surface area (Å²) < 4.78 is 7.07. The second-order valence-corrected chi connectivity index (χ2v) is 15.1. The van der Waals surface area contributed by atoms with Crippen LogP contribution in [0.4, 0.5) is 0 Å². The Bertz CT molecular complexity index is 3460. The Morgan fingerprint density at radius 1 is 0.246 bits per heavy atom. The average Bonchev–Trinajstić information content (AvgIpc) is 3.66. The lowest BCUT2D eigenvalue weighted by atomic mass is 9.85. The molecule has 0 saturated heterocycles. The van der Waals surface area contributed by atoms with Gasteiger partial charge in [-0.1, -0.05) is 188 Å². The van der Waals surface area contributed by atoms with Crippen LogP contribution < -0.4 is 0 Å². The molecule has 0 amide bonds. The van der Waals surface area contributed by atoms with E-state index in [-0.39, 0.29) is 0 Å². The van der Waals surface area contributed by atoms with Gasteiger partial charge in [0, 0.05) is 21.9 Å². The molecule has 0 aliphatic heterocycles. The fourth-order valence-electron chi connectivity index (χ4n) is 9.58. The number of para-hydroxylation sites is 1. The van der Waals surface area contributed by atoms with Gasteiger partial charge in [0.05, 0.1) is 0 Å². The van der Waals surface area contributed by atoms with E-state index in [1.165, 1.54) is 87.2 Å². The van der Waals surface area contributed by atoms with Gasteiger partial charge in [0.15, 0.2) is 0 Å². The molecule has 0 fully saturated rings. The number of benzene rings is 11. The maximum atomic E-state index is 7.07. The monoisotopic (exact) mass is 722 g/mol. The van der Waals surface area contributed by atoms with E-state index in [9.17, 15) is 0 Å². The van der Waals surface area contributed by atoms with Gasteiger partial charge in [0.2, 0.25) is 0 Å². The van der Waals surface area contributed by atoms with Crippen molar-refractivity contribution in [3.05, 3.63) is 206 Å². The molecule has 1 aromatic heterocycles. The smallest absolute Gasteiger partial charge is 0.143 e. The van der Waals surface area contributed by atoms with Crippen molar-refractivity contribution < 1.29 is 4.42 Å². The summed E-state index contributed by atoms with van der Waals surface area (Å²) in [6, 6.07) is 75.1. The van der Waals surface area contributed by atoms with Crippen molar-refractivity contribution in [1.29, 1.82) is 0 Å². The second kappa shape index (κ2) is 12.5. The van der Waals surface area contributed by atoms with Gasteiger partial charge in [0.1, 0.15) is 11.2 Å². The highest BCUT2D eigenvalue weighted by Gasteiger charge is 2.22. The lowest BCUT2D eigenvalue weighted by Crippen LogP contribution is -1.91. The molecule has 0 bridgehead atoms. The fraction of sp³-hybridized carbons (Fsp3) is 0. The molecule has 11 aromatic carbocycles.